The highest BCUT2D eigenvalue weighted by molar-refractivity contribution is 9.10. The van der Waals surface area contributed by atoms with Crippen molar-refractivity contribution in [1.82, 2.24) is 0 Å². The minimum absolute atomic E-state index is 0.00236. The molecule has 2 aromatic rings. The predicted octanol–water partition coefficient (Wildman–Crippen LogP) is 5.29. The van der Waals surface area contributed by atoms with E-state index in [0.717, 1.165) is 17.3 Å². The average molecular weight is 338 g/mol. The predicted molar refractivity (Wildman–Crippen MR) is 83.0 cm³/mol. The van der Waals surface area contributed by atoms with Crippen LogP contribution in [0.5, 0.6) is 0 Å². The van der Waals surface area contributed by atoms with Crippen molar-refractivity contribution in [3.63, 3.8) is 0 Å². The second kappa shape index (κ2) is 6.36. The van der Waals surface area contributed by atoms with Crippen molar-refractivity contribution in [2.24, 2.45) is 0 Å². The van der Waals surface area contributed by atoms with Gasteiger partial charge < -0.3 is 0 Å². The quantitative estimate of drug-likeness (QED) is 0.693. The van der Waals surface area contributed by atoms with Crippen LogP contribution in [-0.2, 0) is 6.42 Å². The number of carbonyl (C=O) groups excluding carboxylic acids is 1. The molecule has 98 valence electrons. The number of aryl methyl sites for hydroxylation is 1. The van der Waals surface area contributed by atoms with Crippen LogP contribution in [0.2, 0.25) is 5.02 Å². The van der Waals surface area contributed by atoms with Gasteiger partial charge in [-0.25, -0.2) is 0 Å². The number of carbonyl (C=O) groups is 1. The molecule has 2 rings (SSSR count). The first kappa shape index (κ1) is 14.3. The summed E-state index contributed by atoms with van der Waals surface area (Å²) in [5.41, 5.74) is 2.56. The van der Waals surface area contributed by atoms with Crippen LogP contribution in [0.3, 0.4) is 0 Å². The van der Waals surface area contributed by atoms with Crippen molar-refractivity contribution in [2.75, 3.05) is 0 Å². The monoisotopic (exact) mass is 336 g/mol. The van der Waals surface area contributed by atoms with Gasteiger partial charge in [0, 0.05) is 15.6 Å². The molecule has 0 aromatic heterocycles. The van der Waals surface area contributed by atoms with Crippen LogP contribution in [0.1, 0.15) is 34.8 Å². The zero-order valence-electron chi connectivity index (χ0n) is 10.6. The molecule has 0 atom stereocenters. The summed E-state index contributed by atoms with van der Waals surface area (Å²) in [7, 11) is 0. The number of ketones is 1. The minimum Gasteiger partial charge on any atom is -0.289 e. The first-order valence-corrected chi connectivity index (χ1v) is 7.37. The third-order valence-corrected chi connectivity index (χ3v) is 4.17. The van der Waals surface area contributed by atoms with Gasteiger partial charge in [0.25, 0.3) is 0 Å². The van der Waals surface area contributed by atoms with E-state index in [-0.39, 0.29) is 5.78 Å². The first-order valence-electron chi connectivity index (χ1n) is 6.20. The van der Waals surface area contributed by atoms with Gasteiger partial charge in [0.15, 0.2) is 5.78 Å². The Bertz CT molecular complexity index is 590. The van der Waals surface area contributed by atoms with Crippen molar-refractivity contribution in [2.45, 2.75) is 19.8 Å². The van der Waals surface area contributed by atoms with Crippen LogP contribution in [0.15, 0.2) is 46.9 Å². The fraction of sp³-hybridized carbons (Fsp3) is 0.188. The van der Waals surface area contributed by atoms with Gasteiger partial charge in [0.1, 0.15) is 0 Å². The highest BCUT2D eigenvalue weighted by atomic mass is 79.9. The summed E-state index contributed by atoms with van der Waals surface area (Å²) in [6, 6.07) is 13.0. The molecule has 0 aliphatic carbocycles. The molecule has 0 fully saturated rings. The van der Waals surface area contributed by atoms with Crippen LogP contribution in [0, 0.1) is 0 Å². The lowest BCUT2D eigenvalue weighted by molar-refractivity contribution is 0.103. The molecule has 0 radical (unpaired) electrons. The average Bonchev–Trinajstić information content (AvgIpc) is 2.42. The zero-order chi connectivity index (χ0) is 13.8. The number of hydrogen-bond donors (Lipinski definition) is 0. The minimum atomic E-state index is -0.00236. The molecule has 0 N–H and O–H groups in total. The van der Waals surface area contributed by atoms with E-state index in [1.165, 1.54) is 5.56 Å². The third kappa shape index (κ3) is 3.46. The summed E-state index contributed by atoms with van der Waals surface area (Å²) in [6.07, 6.45) is 2.15. The van der Waals surface area contributed by atoms with Gasteiger partial charge in [0.05, 0.1) is 5.02 Å². The second-order valence-electron chi connectivity index (χ2n) is 4.40. The van der Waals surface area contributed by atoms with Gasteiger partial charge in [0.2, 0.25) is 0 Å². The summed E-state index contributed by atoms with van der Waals surface area (Å²) < 4.78 is 0.795. The van der Waals surface area contributed by atoms with Crippen LogP contribution in [0.25, 0.3) is 0 Å². The Morgan fingerprint density at radius 2 is 1.74 bits per heavy atom. The van der Waals surface area contributed by atoms with Crippen molar-refractivity contribution < 1.29 is 4.79 Å². The van der Waals surface area contributed by atoms with Crippen molar-refractivity contribution in [3.05, 3.63) is 68.7 Å². The smallest absolute Gasteiger partial charge is 0.193 e. The highest BCUT2D eigenvalue weighted by Gasteiger charge is 2.10. The maximum Gasteiger partial charge on any atom is 0.193 e. The van der Waals surface area contributed by atoms with Gasteiger partial charge >= 0.3 is 0 Å². The summed E-state index contributed by atoms with van der Waals surface area (Å²) in [5, 5.41) is 0.549. The van der Waals surface area contributed by atoms with E-state index in [1.807, 2.05) is 24.3 Å². The van der Waals surface area contributed by atoms with E-state index < -0.39 is 0 Å². The Kier molecular flexibility index (Phi) is 4.78. The molecule has 3 heteroatoms. The Labute approximate surface area is 126 Å². The third-order valence-electron chi connectivity index (χ3n) is 2.94. The Hall–Kier alpha value is -1.12. The van der Waals surface area contributed by atoms with Crippen LogP contribution < -0.4 is 0 Å². The van der Waals surface area contributed by atoms with E-state index >= 15 is 0 Å². The number of benzene rings is 2. The molecule has 0 aliphatic rings. The number of rotatable bonds is 4. The summed E-state index contributed by atoms with van der Waals surface area (Å²) >= 11 is 9.33. The molecule has 0 aliphatic heterocycles. The number of halogens is 2. The normalized spacial score (nSPS) is 10.5. The molecule has 0 amide bonds. The van der Waals surface area contributed by atoms with E-state index in [2.05, 4.69) is 22.9 Å². The maximum atomic E-state index is 12.3. The molecule has 0 spiro atoms. The standard InChI is InChI=1S/C16H14BrClO/c1-2-3-11-4-6-12(7-5-11)16(19)13-8-9-14(17)15(18)10-13/h4-10H,2-3H2,1H3. The summed E-state index contributed by atoms with van der Waals surface area (Å²) in [6.45, 7) is 2.14. The Morgan fingerprint density at radius 1 is 1.11 bits per heavy atom. The van der Waals surface area contributed by atoms with Gasteiger partial charge in [-0.3, -0.25) is 4.79 Å². The summed E-state index contributed by atoms with van der Waals surface area (Å²) in [4.78, 5) is 12.3. The fourth-order valence-electron chi connectivity index (χ4n) is 1.92. The molecule has 0 saturated carbocycles. The fourth-order valence-corrected chi connectivity index (χ4v) is 2.34. The van der Waals surface area contributed by atoms with E-state index in [4.69, 9.17) is 11.6 Å². The number of hydrogen-bond acceptors (Lipinski definition) is 1. The molecule has 1 nitrogen and oxygen atoms in total. The van der Waals surface area contributed by atoms with Crippen LogP contribution in [-0.4, -0.2) is 5.78 Å². The molecule has 0 unspecified atom stereocenters. The molecule has 2 aromatic carbocycles. The molecule has 19 heavy (non-hydrogen) atoms. The van der Waals surface area contributed by atoms with Crippen molar-refractivity contribution in [3.8, 4) is 0 Å². The Morgan fingerprint density at radius 3 is 2.32 bits per heavy atom. The van der Waals surface area contributed by atoms with Crippen LogP contribution >= 0.6 is 27.5 Å². The van der Waals surface area contributed by atoms with Gasteiger partial charge in [-0.1, -0.05) is 49.2 Å². The lowest BCUT2D eigenvalue weighted by Gasteiger charge is -2.04. The Balaban J connectivity index is 2.25. The van der Waals surface area contributed by atoms with Crippen LogP contribution in [0.4, 0.5) is 0 Å². The maximum absolute atomic E-state index is 12.3. The topological polar surface area (TPSA) is 17.1 Å². The van der Waals surface area contributed by atoms with Gasteiger partial charge in [-0.2, -0.15) is 0 Å². The van der Waals surface area contributed by atoms with E-state index in [1.54, 1.807) is 18.2 Å². The lowest BCUT2D eigenvalue weighted by atomic mass is 10.0. The zero-order valence-corrected chi connectivity index (χ0v) is 13.0. The molecule has 0 saturated heterocycles. The van der Waals surface area contributed by atoms with Gasteiger partial charge in [-0.05, 0) is 46.1 Å². The SMILES string of the molecule is CCCc1ccc(C(=O)c2ccc(Br)c(Cl)c2)cc1. The highest BCUT2D eigenvalue weighted by Crippen LogP contribution is 2.24. The van der Waals surface area contributed by atoms with Gasteiger partial charge in [-0.15, -0.1) is 0 Å². The molecule has 0 heterocycles. The second-order valence-corrected chi connectivity index (χ2v) is 5.67. The van der Waals surface area contributed by atoms with Crippen molar-refractivity contribution in [1.29, 1.82) is 0 Å². The van der Waals surface area contributed by atoms with E-state index in [9.17, 15) is 4.79 Å². The molecular weight excluding hydrogens is 324 g/mol. The van der Waals surface area contributed by atoms with E-state index in [0.29, 0.717) is 16.1 Å². The van der Waals surface area contributed by atoms with Crippen molar-refractivity contribution >= 4 is 33.3 Å². The lowest BCUT2D eigenvalue weighted by Crippen LogP contribution is -2.01. The largest absolute Gasteiger partial charge is 0.289 e. The molecule has 0 bridgehead atoms. The first-order chi connectivity index (χ1) is 9.11. The molecular formula is C16H14BrClO. The summed E-state index contributed by atoms with van der Waals surface area (Å²) in [5.74, 6) is -0.00236.